The molecule has 2 heterocycles. The van der Waals surface area contributed by atoms with E-state index in [9.17, 15) is 21.6 Å². The van der Waals surface area contributed by atoms with Crippen molar-refractivity contribution in [3.05, 3.63) is 52.6 Å². The van der Waals surface area contributed by atoms with Gasteiger partial charge >= 0.3 is 6.18 Å². The van der Waals surface area contributed by atoms with Gasteiger partial charge in [-0.05, 0) is 36.8 Å². The zero-order chi connectivity index (χ0) is 19.7. The molecule has 0 spiro atoms. The molecule has 5 nitrogen and oxygen atoms in total. The largest absolute Gasteiger partial charge is 0.417 e. The summed E-state index contributed by atoms with van der Waals surface area (Å²) in [4.78, 5) is 5.91. The molecule has 0 aliphatic carbocycles. The Labute approximate surface area is 164 Å². The molecule has 0 bridgehead atoms. The van der Waals surface area contributed by atoms with Crippen LogP contribution in [0.1, 0.15) is 12.0 Å². The third-order valence-electron chi connectivity index (χ3n) is 4.29. The zero-order valence-corrected chi connectivity index (χ0v) is 16.6. The molecule has 1 aromatic carbocycles. The lowest BCUT2D eigenvalue weighted by Crippen LogP contribution is -2.35. The topological polar surface area (TPSA) is 53.5 Å². The van der Waals surface area contributed by atoms with Gasteiger partial charge in [0.2, 0.25) is 10.0 Å². The molecule has 0 radical (unpaired) electrons. The first-order valence-electron chi connectivity index (χ1n) is 8.22. The molecule has 0 saturated carbocycles. The number of anilines is 1. The Morgan fingerprint density at radius 3 is 2.44 bits per heavy atom. The molecule has 1 aliphatic heterocycles. The van der Waals surface area contributed by atoms with E-state index < -0.39 is 21.8 Å². The van der Waals surface area contributed by atoms with Crippen LogP contribution in [-0.2, 0) is 16.2 Å². The Morgan fingerprint density at radius 1 is 1.04 bits per heavy atom. The molecule has 0 unspecified atom stereocenters. The number of halogens is 4. The Kier molecular flexibility index (Phi) is 5.78. The van der Waals surface area contributed by atoms with E-state index in [1.807, 2.05) is 0 Å². The Bertz CT molecular complexity index is 904. The fraction of sp³-hybridized carbons (Fsp3) is 0.353. The molecule has 0 amide bonds. The molecule has 0 N–H and O–H groups in total. The van der Waals surface area contributed by atoms with E-state index in [-0.39, 0.29) is 11.4 Å². The van der Waals surface area contributed by atoms with Gasteiger partial charge in [-0.1, -0.05) is 22.0 Å². The average molecular weight is 464 g/mol. The van der Waals surface area contributed by atoms with Gasteiger partial charge in [0.05, 0.1) is 10.5 Å². The molecule has 10 heteroatoms. The fourth-order valence-electron chi connectivity index (χ4n) is 2.88. The smallest absolute Gasteiger partial charge is 0.355 e. The van der Waals surface area contributed by atoms with Crippen LogP contribution in [-0.4, -0.2) is 43.9 Å². The highest BCUT2D eigenvalue weighted by Crippen LogP contribution is 2.29. The highest BCUT2D eigenvalue weighted by Gasteiger charge is 2.31. The van der Waals surface area contributed by atoms with Crippen LogP contribution in [0, 0.1) is 0 Å². The molecule has 1 aliphatic rings. The number of rotatable bonds is 3. The summed E-state index contributed by atoms with van der Waals surface area (Å²) >= 11 is 3.27. The van der Waals surface area contributed by atoms with Gasteiger partial charge in [0.15, 0.2) is 0 Å². The monoisotopic (exact) mass is 463 g/mol. The van der Waals surface area contributed by atoms with E-state index in [2.05, 4.69) is 20.9 Å². The summed E-state index contributed by atoms with van der Waals surface area (Å²) in [6, 6.07) is 8.81. The summed E-state index contributed by atoms with van der Waals surface area (Å²) in [5, 5.41) is 0. The normalized spacial score (nSPS) is 17.0. The van der Waals surface area contributed by atoms with Crippen LogP contribution in [0.5, 0.6) is 0 Å². The molecule has 3 rings (SSSR count). The molecule has 0 atom stereocenters. The molecular weight excluding hydrogens is 447 g/mol. The second-order valence-electron chi connectivity index (χ2n) is 6.10. The molecule has 1 fully saturated rings. The van der Waals surface area contributed by atoms with Gasteiger partial charge in [0, 0.05) is 36.8 Å². The summed E-state index contributed by atoms with van der Waals surface area (Å²) in [6.45, 7) is 1.44. The van der Waals surface area contributed by atoms with E-state index in [1.54, 1.807) is 29.2 Å². The molecule has 146 valence electrons. The molecule has 27 heavy (non-hydrogen) atoms. The highest BCUT2D eigenvalue weighted by atomic mass is 79.9. The molecule has 1 aromatic heterocycles. The summed E-state index contributed by atoms with van der Waals surface area (Å²) in [5.74, 6) is 0.407. The van der Waals surface area contributed by atoms with Gasteiger partial charge < -0.3 is 4.90 Å². The van der Waals surface area contributed by atoms with Gasteiger partial charge in [-0.2, -0.15) is 17.5 Å². The first-order valence-corrected chi connectivity index (χ1v) is 10.5. The number of nitrogens with zero attached hydrogens (tertiary/aromatic N) is 3. The van der Waals surface area contributed by atoms with Gasteiger partial charge in [0.1, 0.15) is 5.82 Å². The van der Waals surface area contributed by atoms with E-state index in [0.29, 0.717) is 36.3 Å². The maximum Gasteiger partial charge on any atom is 0.417 e. The predicted molar refractivity (Wildman–Crippen MR) is 99.0 cm³/mol. The predicted octanol–water partition coefficient (Wildman–Crippen LogP) is 3.76. The van der Waals surface area contributed by atoms with Crippen LogP contribution >= 0.6 is 15.9 Å². The lowest BCUT2D eigenvalue weighted by molar-refractivity contribution is -0.137. The maximum absolute atomic E-state index is 12.8. The van der Waals surface area contributed by atoms with Crippen molar-refractivity contribution in [2.45, 2.75) is 17.5 Å². The standard InChI is InChI=1S/C17H17BrF3N3O2S/c18-14-3-1-4-15(11-14)27(25,26)24-8-2-7-23(9-10-24)16-6-5-13(12-22-16)17(19,20)21/h1,3-6,11-12H,2,7-10H2. The van der Waals surface area contributed by atoms with Crippen molar-refractivity contribution >= 4 is 31.8 Å². The van der Waals surface area contributed by atoms with E-state index in [4.69, 9.17) is 0 Å². The summed E-state index contributed by atoms with van der Waals surface area (Å²) in [5.41, 5.74) is -0.806. The number of alkyl halides is 3. The quantitative estimate of drug-likeness (QED) is 0.695. The fourth-order valence-corrected chi connectivity index (χ4v) is 4.95. The second-order valence-corrected chi connectivity index (χ2v) is 8.96. The number of hydrogen-bond acceptors (Lipinski definition) is 4. The van der Waals surface area contributed by atoms with Crippen molar-refractivity contribution in [1.82, 2.24) is 9.29 Å². The Hall–Kier alpha value is -1.65. The van der Waals surface area contributed by atoms with Crippen LogP contribution in [0.25, 0.3) is 0 Å². The van der Waals surface area contributed by atoms with Gasteiger partial charge in [-0.15, -0.1) is 0 Å². The van der Waals surface area contributed by atoms with Gasteiger partial charge in [0.25, 0.3) is 0 Å². The number of aromatic nitrogens is 1. The Balaban J connectivity index is 1.74. The third-order valence-corrected chi connectivity index (χ3v) is 6.68. The first-order chi connectivity index (χ1) is 12.7. The zero-order valence-electron chi connectivity index (χ0n) is 14.2. The van der Waals surface area contributed by atoms with E-state index in [0.717, 1.165) is 12.3 Å². The average Bonchev–Trinajstić information content (AvgIpc) is 2.88. The second kappa shape index (κ2) is 7.76. The number of pyridine rings is 1. The van der Waals surface area contributed by atoms with E-state index >= 15 is 0 Å². The van der Waals surface area contributed by atoms with Crippen LogP contribution in [0.15, 0.2) is 52.0 Å². The lowest BCUT2D eigenvalue weighted by Gasteiger charge is -2.23. The number of hydrogen-bond donors (Lipinski definition) is 0. The van der Waals surface area contributed by atoms with Crippen molar-refractivity contribution in [2.75, 3.05) is 31.1 Å². The van der Waals surface area contributed by atoms with Crippen molar-refractivity contribution in [1.29, 1.82) is 0 Å². The van der Waals surface area contributed by atoms with Crippen molar-refractivity contribution < 1.29 is 21.6 Å². The lowest BCUT2D eigenvalue weighted by atomic mass is 10.2. The minimum absolute atomic E-state index is 0.206. The van der Waals surface area contributed by atoms with Crippen molar-refractivity contribution in [3.63, 3.8) is 0 Å². The Morgan fingerprint density at radius 2 is 1.81 bits per heavy atom. The van der Waals surface area contributed by atoms with Crippen molar-refractivity contribution in [2.24, 2.45) is 0 Å². The van der Waals surface area contributed by atoms with Crippen LogP contribution in [0.4, 0.5) is 19.0 Å². The van der Waals surface area contributed by atoms with Crippen LogP contribution in [0.3, 0.4) is 0 Å². The first kappa shape index (κ1) is 20.1. The highest BCUT2D eigenvalue weighted by molar-refractivity contribution is 9.10. The van der Waals surface area contributed by atoms with Crippen molar-refractivity contribution in [3.8, 4) is 0 Å². The summed E-state index contributed by atoms with van der Waals surface area (Å²) in [7, 11) is -3.63. The molecule has 1 saturated heterocycles. The van der Waals surface area contributed by atoms with Gasteiger partial charge in [-0.3, -0.25) is 0 Å². The van der Waals surface area contributed by atoms with Crippen LogP contribution < -0.4 is 4.90 Å². The summed E-state index contributed by atoms with van der Waals surface area (Å²) in [6.07, 6.45) is -3.08. The molecular formula is C17H17BrF3N3O2S. The number of benzene rings is 1. The molecule has 2 aromatic rings. The minimum atomic E-state index is -4.43. The van der Waals surface area contributed by atoms with Gasteiger partial charge in [-0.25, -0.2) is 13.4 Å². The maximum atomic E-state index is 12.8. The van der Waals surface area contributed by atoms with E-state index in [1.165, 1.54) is 10.4 Å². The third kappa shape index (κ3) is 4.61. The number of sulfonamides is 1. The summed E-state index contributed by atoms with van der Waals surface area (Å²) < 4.78 is 65.8. The van der Waals surface area contributed by atoms with Crippen LogP contribution in [0.2, 0.25) is 0 Å². The minimum Gasteiger partial charge on any atom is -0.355 e. The SMILES string of the molecule is O=S(=O)(c1cccc(Br)c1)N1CCCN(c2ccc(C(F)(F)F)cn2)CC1.